The molecule has 1 amide bonds. The van der Waals surface area contributed by atoms with Crippen LogP contribution in [0.25, 0.3) is 0 Å². The number of carbonyl (C=O) groups is 1. The van der Waals surface area contributed by atoms with E-state index in [4.69, 9.17) is 0 Å². The smallest absolute Gasteiger partial charge is 0.271 e. The largest absolute Gasteiger partial charge is 0.361 e. The van der Waals surface area contributed by atoms with E-state index in [1.165, 1.54) is 11.3 Å². The summed E-state index contributed by atoms with van der Waals surface area (Å²) in [6.07, 6.45) is 0. The summed E-state index contributed by atoms with van der Waals surface area (Å²) in [5.41, 5.74) is 3.52. The zero-order chi connectivity index (χ0) is 16.3. The van der Waals surface area contributed by atoms with Crippen molar-refractivity contribution in [3.8, 4) is 0 Å². The molecule has 0 aliphatic rings. The molecule has 0 aliphatic heterocycles. The van der Waals surface area contributed by atoms with Crippen LogP contribution in [0.2, 0.25) is 0 Å². The molecule has 0 aliphatic carbocycles. The number of amides is 1. The third kappa shape index (κ3) is 3.85. The molecule has 0 fully saturated rings. The first kappa shape index (κ1) is 16.5. The highest BCUT2D eigenvalue weighted by atomic mass is 32.1. The first-order chi connectivity index (χ1) is 10.4. The van der Waals surface area contributed by atoms with E-state index >= 15 is 0 Å². The van der Waals surface area contributed by atoms with Crippen molar-refractivity contribution in [1.29, 1.82) is 0 Å². The minimum atomic E-state index is -0.156. The molecular formula is C15H23N5OS. The molecule has 6 nitrogen and oxygen atoms in total. The molecule has 2 N–H and O–H groups in total. The van der Waals surface area contributed by atoms with Gasteiger partial charge in [0.25, 0.3) is 5.91 Å². The van der Waals surface area contributed by atoms with Gasteiger partial charge in [0.05, 0.1) is 5.69 Å². The zero-order valence-corrected chi connectivity index (χ0v) is 14.5. The Bertz CT molecular complexity index is 659. The Kier molecular flexibility index (Phi) is 5.18. The average molecular weight is 321 g/mol. The van der Waals surface area contributed by atoms with Gasteiger partial charge in [-0.3, -0.25) is 9.48 Å². The quantitative estimate of drug-likeness (QED) is 0.857. The third-order valence-corrected chi connectivity index (χ3v) is 4.28. The molecule has 2 rings (SSSR count). The molecule has 0 aromatic carbocycles. The fourth-order valence-electron chi connectivity index (χ4n) is 2.08. The second-order valence-corrected chi connectivity index (χ2v) is 6.63. The van der Waals surface area contributed by atoms with E-state index in [1.807, 2.05) is 25.6 Å². The molecule has 0 saturated heterocycles. The lowest BCUT2D eigenvalue weighted by atomic mass is 10.2. The highest BCUT2D eigenvalue weighted by Crippen LogP contribution is 2.16. The minimum Gasteiger partial charge on any atom is -0.361 e. The van der Waals surface area contributed by atoms with Gasteiger partial charge in [-0.1, -0.05) is 13.8 Å². The number of carbonyl (C=O) groups excluding carboxylic acids is 1. The van der Waals surface area contributed by atoms with Gasteiger partial charge in [0.1, 0.15) is 5.69 Å². The van der Waals surface area contributed by atoms with Crippen molar-refractivity contribution in [2.24, 2.45) is 13.0 Å². The third-order valence-electron chi connectivity index (χ3n) is 3.48. The summed E-state index contributed by atoms with van der Waals surface area (Å²) in [7, 11) is 1.90. The van der Waals surface area contributed by atoms with E-state index in [9.17, 15) is 4.79 Å². The molecular weight excluding hydrogens is 298 g/mol. The number of nitrogens with zero attached hydrogens (tertiary/aromatic N) is 3. The molecule has 7 heteroatoms. The molecule has 2 aromatic heterocycles. The predicted octanol–water partition coefficient (Wildman–Crippen LogP) is 2.49. The first-order valence-corrected chi connectivity index (χ1v) is 8.23. The summed E-state index contributed by atoms with van der Waals surface area (Å²) in [4.78, 5) is 16.5. The van der Waals surface area contributed by atoms with Crippen molar-refractivity contribution >= 4 is 22.4 Å². The van der Waals surface area contributed by atoms with Gasteiger partial charge < -0.3 is 10.6 Å². The average Bonchev–Trinajstić information content (AvgIpc) is 3.01. The van der Waals surface area contributed by atoms with Crippen LogP contribution in [0.4, 0.5) is 5.13 Å². The van der Waals surface area contributed by atoms with Gasteiger partial charge in [-0.25, -0.2) is 4.98 Å². The van der Waals surface area contributed by atoms with Crippen molar-refractivity contribution < 1.29 is 4.79 Å². The van der Waals surface area contributed by atoms with Crippen molar-refractivity contribution in [2.75, 3.05) is 11.9 Å². The Morgan fingerprint density at radius 3 is 2.73 bits per heavy atom. The molecule has 2 heterocycles. The lowest BCUT2D eigenvalue weighted by Crippen LogP contribution is -2.23. The summed E-state index contributed by atoms with van der Waals surface area (Å²) in [6, 6.07) is 0. The van der Waals surface area contributed by atoms with Crippen molar-refractivity contribution in [3.63, 3.8) is 0 Å². The van der Waals surface area contributed by atoms with Crippen molar-refractivity contribution in [1.82, 2.24) is 20.1 Å². The predicted molar refractivity (Wildman–Crippen MR) is 89.3 cm³/mol. The molecule has 22 heavy (non-hydrogen) atoms. The summed E-state index contributed by atoms with van der Waals surface area (Å²) >= 11 is 1.45. The van der Waals surface area contributed by atoms with Crippen LogP contribution in [0, 0.1) is 19.8 Å². The number of hydrogen-bond acceptors (Lipinski definition) is 5. The van der Waals surface area contributed by atoms with Crippen molar-refractivity contribution in [3.05, 3.63) is 28.0 Å². The molecule has 0 spiro atoms. The lowest BCUT2D eigenvalue weighted by molar-refractivity contribution is 0.0946. The molecule has 0 radical (unpaired) electrons. The molecule has 0 saturated carbocycles. The van der Waals surface area contributed by atoms with Crippen LogP contribution in [0.5, 0.6) is 0 Å². The van der Waals surface area contributed by atoms with Crippen LogP contribution in [0.15, 0.2) is 5.38 Å². The monoisotopic (exact) mass is 321 g/mol. The molecule has 2 aromatic rings. The number of hydrogen-bond donors (Lipinski definition) is 2. The van der Waals surface area contributed by atoms with E-state index in [1.54, 1.807) is 5.38 Å². The Hall–Kier alpha value is -1.89. The number of aromatic nitrogens is 3. The highest BCUT2D eigenvalue weighted by molar-refractivity contribution is 7.13. The van der Waals surface area contributed by atoms with Gasteiger partial charge in [-0.2, -0.15) is 5.10 Å². The Morgan fingerprint density at radius 2 is 2.14 bits per heavy atom. The molecule has 0 bridgehead atoms. The number of anilines is 1. The van der Waals surface area contributed by atoms with Crippen LogP contribution >= 0.6 is 11.3 Å². The molecule has 120 valence electrons. The Balaban J connectivity index is 1.95. The maximum atomic E-state index is 12.2. The summed E-state index contributed by atoms with van der Waals surface area (Å²) in [5.74, 6) is 0.384. The molecule has 0 atom stereocenters. The topological polar surface area (TPSA) is 71.8 Å². The van der Waals surface area contributed by atoms with Crippen molar-refractivity contribution in [2.45, 2.75) is 34.2 Å². The van der Waals surface area contributed by atoms with Crippen LogP contribution in [0.3, 0.4) is 0 Å². The second-order valence-electron chi connectivity index (χ2n) is 5.77. The number of nitrogens with one attached hydrogen (secondary N) is 2. The van der Waals surface area contributed by atoms with Gasteiger partial charge in [0, 0.05) is 36.8 Å². The lowest BCUT2D eigenvalue weighted by Gasteiger charge is -2.05. The summed E-state index contributed by atoms with van der Waals surface area (Å²) < 4.78 is 1.83. The maximum Gasteiger partial charge on any atom is 0.271 e. The van der Waals surface area contributed by atoms with E-state index in [2.05, 4.69) is 34.6 Å². The van der Waals surface area contributed by atoms with Crippen LogP contribution < -0.4 is 10.6 Å². The summed E-state index contributed by atoms with van der Waals surface area (Å²) in [6.45, 7) is 9.53. The minimum absolute atomic E-state index is 0.156. The maximum absolute atomic E-state index is 12.2. The Labute approximate surface area is 135 Å². The van der Waals surface area contributed by atoms with Crippen LogP contribution in [-0.2, 0) is 13.6 Å². The normalized spacial score (nSPS) is 11.0. The number of thiazole rings is 1. The number of aryl methyl sites for hydroxylation is 2. The zero-order valence-electron chi connectivity index (χ0n) is 13.7. The standard InChI is InChI=1S/C15H23N5OS/c1-9(2)6-17-15-18-13(8-22-15)14(21)16-7-12-10(3)19-20(5)11(12)4/h8-9H,6-7H2,1-5H3,(H,16,21)(H,17,18). The number of rotatable bonds is 6. The van der Waals surface area contributed by atoms with Gasteiger partial charge in [-0.15, -0.1) is 11.3 Å². The van der Waals surface area contributed by atoms with Gasteiger partial charge >= 0.3 is 0 Å². The molecule has 0 unspecified atom stereocenters. The van der Waals surface area contributed by atoms with Crippen LogP contribution in [0.1, 0.15) is 41.3 Å². The fraction of sp³-hybridized carbons (Fsp3) is 0.533. The van der Waals surface area contributed by atoms with Crippen LogP contribution in [-0.4, -0.2) is 27.2 Å². The van der Waals surface area contributed by atoms with E-state index in [0.29, 0.717) is 18.2 Å². The van der Waals surface area contributed by atoms with Gasteiger partial charge in [0.15, 0.2) is 5.13 Å². The summed E-state index contributed by atoms with van der Waals surface area (Å²) in [5, 5.41) is 13.1. The van der Waals surface area contributed by atoms with E-state index in [-0.39, 0.29) is 5.91 Å². The second kappa shape index (κ2) is 6.91. The SMILES string of the molecule is Cc1nn(C)c(C)c1CNC(=O)c1csc(NCC(C)C)n1. The Morgan fingerprint density at radius 1 is 1.41 bits per heavy atom. The van der Waals surface area contributed by atoms with Gasteiger partial charge in [0.2, 0.25) is 0 Å². The van der Waals surface area contributed by atoms with E-state index in [0.717, 1.165) is 28.6 Å². The van der Waals surface area contributed by atoms with E-state index < -0.39 is 0 Å². The highest BCUT2D eigenvalue weighted by Gasteiger charge is 2.14. The first-order valence-electron chi connectivity index (χ1n) is 7.35. The fourth-order valence-corrected chi connectivity index (χ4v) is 2.78. The van der Waals surface area contributed by atoms with Gasteiger partial charge in [-0.05, 0) is 19.8 Å².